The average molecular weight is 498 g/mol. The highest BCUT2D eigenvalue weighted by Gasteiger charge is 2.21. The van der Waals surface area contributed by atoms with E-state index >= 15 is 0 Å². The number of hydrogen-bond donors (Lipinski definition) is 3. The summed E-state index contributed by atoms with van der Waals surface area (Å²) >= 11 is 5.88. The molecule has 0 unspecified atom stereocenters. The molecule has 0 atom stereocenters. The molecule has 1 saturated heterocycles. The largest absolute Gasteiger partial charge is 0.493 e. The molecule has 3 rings (SSSR count). The second kappa shape index (κ2) is 11.8. The van der Waals surface area contributed by atoms with E-state index in [2.05, 4.69) is 0 Å². The Morgan fingerprint density at radius 2 is 1.82 bits per heavy atom. The Morgan fingerprint density at radius 3 is 2.39 bits per heavy atom. The zero-order valence-corrected chi connectivity index (χ0v) is 20.0. The molecule has 0 spiro atoms. The monoisotopic (exact) mass is 497 g/mol. The molecule has 0 aliphatic carbocycles. The van der Waals surface area contributed by atoms with Crippen LogP contribution >= 0.6 is 11.6 Å². The minimum atomic E-state index is -4.00. The lowest BCUT2D eigenvalue weighted by molar-refractivity contribution is -0.134. The number of carbonyl (C=O) groups is 1. The van der Waals surface area contributed by atoms with Crippen molar-refractivity contribution in [2.75, 3.05) is 19.7 Å². The van der Waals surface area contributed by atoms with Gasteiger partial charge < -0.3 is 24.7 Å². The highest BCUT2D eigenvalue weighted by Crippen LogP contribution is 2.27. The molecule has 1 aliphatic rings. The number of carboxylic acid groups (broad SMARTS) is 1. The first-order chi connectivity index (χ1) is 15.5. The molecular formula is C22H28ClN3O6S. The lowest BCUT2D eigenvalue weighted by Gasteiger charge is -2.32. The number of nitrogens with two attached hydrogens (primary N) is 1. The van der Waals surface area contributed by atoms with Crippen LogP contribution in [0.4, 0.5) is 0 Å². The van der Waals surface area contributed by atoms with Gasteiger partial charge in [-0.25, -0.2) is 0 Å². The van der Waals surface area contributed by atoms with Crippen molar-refractivity contribution in [3.05, 3.63) is 53.1 Å². The van der Waals surface area contributed by atoms with Gasteiger partial charge in [-0.15, -0.1) is 0 Å². The van der Waals surface area contributed by atoms with Gasteiger partial charge in [0.15, 0.2) is 5.96 Å². The normalized spacial score (nSPS) is 14.1. The van der Waals surface area contributed by atoms with Gasteiger partial charge in [-0.1, -0.05) is 17.7 Å². The molecule has 0 aromatic heterocycles. The predicted octanol–water partition coefficient (Wildman–Crippen LogP) is 3.49. The molecule has 33 heavy (non-hydrogen) atoms. The molecule has 0 saturated carbocycles. The molecule has 1 fully saturated rings. The summed E-state index contributed by atoms with van der Waals surface area (Å²) in [6, 6.07) is 11.0. The Labute approximate surface area is 198 Å². The molecular weight excluding hydrogens is 470 g/mol. The second-order valence-electron chi connectivity index (χ2n) is 7.62. The van der Waals surface area contributed by atoms with Crippen molar-refractivity contribution in [3.63, 3.8) is 0 Å². The molecule has 1 aliphatic heterocycles. The van der Waals surface area contributed by atoms with E-state index in [-0.39, 0.29) is 16.6 Å². The maximum Gasteiger partial charge on any atom is 0.339 e. The zero-order valence-electron chi connectivity index (χ0n) is 18.5. The third-order valence-corrected chi connectivity index (χ3v) is 6.23. The second-order valence-corrected chi connectivity index (χ2v) is 9.61. The van der Waals surface area contributed by atoms with Gasteiger partial charge in [0.1, 0.15) is 16.4 Å². The molecule has 180 valence electrons. The molecule has 9 nitrogen and oxygen atoms in total. The smallest absolute Gasteiger partial charge is 0.339 e. The number of hydrogen-bond acceptors (Lipinski definition) is 6. The van der Waals surface area contributed by atoms with E-state index < -0.39 is 16.1 Å². The van der Waals surface area contributed by atoms with Gasteiger partial charge in [-0.05, 0) is 61.6 Å². The summed E-state index contributed by atoms with van der Waals surface area (Å²) in [6.45, 7) is 4.92. The minimum Gasteiger partial charge on any atom is -0.493 e. The summed E-state index contributed by atoms with van der Waals surface area (Å²) in [4.78, 5) is 10.8. The van der Waals surface area contributed by atoms with Crippen molar-refractivity contribution < 1.29 is 27.2 Å². The number of rotatable bonds is 6. The van der Waals surface area contributed by atoms with E-state index in [0.29, 0.717) is 23.3 Å². The lowest BCUT2D eigenvalue weighted by atomic mass is 9.98. The van der Waals surface area contributed by atoms with Crippen LogP contribution in [-0.4, -0.2) is 50.0 Å². The minimum absolute atomic E-state index is 0.00814. The Bertz CT molecular complexity index is 1080. The summed E-state index contributed by atoms with van der Waals surface area (Å²) in [5, 5.41) is 15.2. The Morgan fingerprint density at radius 1 is 1.21 bits per heavy atom. The van der Waals surface area contributed by atoms with Gasteiger partial charge in [-0.2, -0.15) is 8.42 Å². The van der Waals surface area contributed by atoms with Gasteiger partial charge >= 0.3 is 10.1 Å². The Hall–Kier alpha value is -2.98. The van der Waals surface area contributed by atoms with Gasteiger partial charge in [0.25, 0.3) is 5.97 Å². The number of guanidine groups is 1. The number of piperidine rings is 1. The third kappa shape index (κ3) is 8.82. The maximum absolute atomic E-state index is 12.5. The van der Waals surface area contributed by atoms with Gasteiger partial charge in [0.05, 0.1) is 6.61 Å². The summed E-state index contributed by atoms with van der Waals surface area (Å²) in [5.41, 5.74) is 6.34. The number of aliphatic carboxylic acids is 1. The lowest BCUT2D eigenvalue weighted by Crippen LogP contribution is -2.43. The van der Waals surface area contributed by atoms with Crippen molar-refractivity contribution in [2.45, 2.75) is 31.6 Å². The fraction of sp³-hybridized carbons (Fsp3) is 0.364. The van der Waals surface area contributed by atoms with Crippen LogP contribution in [-0.2, 0) is 14.9 Å². The first kappa shape index (κ1) is 26.3. The predicted molar refractivity (Wildman–Crippen MR) is 125 cm³/mol. The molecule has 0 bridgehead atoms. The SMILES string of the molecule is CC(=O)O.Cc1cc(OCC2CCN(C(=N)N)CC2)cc(OS(=O)(=O)c2cccc(Cl)c2)c1. The van der Waals surface area contributed by atoms with E-state index in [1.807, 2.05) is 17.9 Å². The maximum atomic E-state index is 12.5. The van der Waals surface area contributed by atoms with Crippen molar-refractivity contribution in [3.8, 4) is 11.5 Å². The van der Waals surface area contributed by atoms with Crippen LogP contribution in [0.1, 0.15) is 25.3 Å². The standard InChI is InChI=1S/C20H24ClN3O4S.C2H4O2/c1-14-9-17(27-13-15-5-7-24(8-6-15)20(22)23)12-18(10-14)28-29(25,26)19-4-2-3-16(21)11-19;1-2(3)4/h2-4,9-12,15H,5-8,13H2,1H3,(H3,22,23);1H3,(H,3,4). The average Bonchev–Trinajstić information content (AvgIpc) is 2.71. The van der Waals surface area contributed by atoms with Gasteiger partial charge in [0, 0.05) is 31.1 Å². The van der Waals surface area contributed by atoms with Crippen LogP contribution in [0.3, 0.4) is 0 Å². The molecule has 4 N–H and O–H groups in total. The number of benzene rings is 2. The van der Waals surface area contributed by atoms with Crippen LogP contribution < -0.4 is 14.7 Å². The van der Waals surface area contributed by atoms with Crippen LogP contribution in [0.25, 0.3) is 0 Å². The highest BCUT2D eigenvalue weighted by molar-refractivity contribution is 7.87. The van der Waals surface area contributed by atoms with Crippen molar-refractivity contribution in [2.24, 2.45) is 11.7 Å². The number of nitrogens with zero attached hydrogens (tertiary/aromatic N) is 1. The first-order valence-electron chi connectivity index (χ1n) is 10.2. The van der Waals surface area contributed by atoms with E-state index in [9.17, 15) is 8.42 Å². The first-order valence-corrected chi connectivity index (χ1v) is 12.0. The van der Waals surface area contributed by atoms with Crippen LogP contribution in [0.15, 0.2) is 47.4 Å². The number of aryl methyl sites for hydroxylation is 1. The van der Waals surface area contributed by atoms with Crippen molar-refractivity contribution in [1.29, 1.82) is 5.41 Å². The highest BCUT2D eigenvalue weighted by atomic mass is 35.5. The summed E-state index contributed by atoms with van der Waals surface area (Å²) in [5.74, 6) is 0.359. The van der Waals surface area contributed by atoms with Crippen LogP contribution in [0.2, 0.25) is 5.02 Å². The summed E-state index contributed by atoms with van der Waals surface area (Å²) < 4.78 is 36.2. The van der Waals surface area contributed by atoms with Gasteiger partial charge in [-0.3, -0.25) is 10.2 Å². The van der Waals surface area contributed by atoms with Crippen molar-refractivity contribution in [1.82, 2.24) is 4.90 Å². The molecule has 1 heterocycles. The number of carboxylic acids is 1. The van der Waals surface area contributed by atoms with Crippen LogP contribution in [0, 0.1) is 18.3 Å². The topological polar surface area (TPSA) is 143 Å². The van der Waals surface area contributed by atoms with E-state index in [0.717, 1.165) is 38.4 Å². The number of ether oxygens (including phenoxy) is 1. The van der Waals surface area contributed by atoms with E-state index in [4.69, 9.17) is 41.6 Å². The molecule has 0 radical (unpaired) electrons. The molecule has 11 heteroatoms. The van der Waals surface area contributed by atoms with E-state index in [1.165, 1.54) is 12.1 Å². The number of nitrogens with one attached hydrogen (secondary N) is 1. The molecule has 2 aromatic carbocycles. The molecule has 2 aromatic rings. The fourth-order valence-electron chi connectivity index (χ4n) is 3.20. The summed E-state index contributed by atoms with van der Waals surface area (Å²) in [6.07, 6.45) is 1.77. The number of likely N-dealkylation sites (tertiary alicyclic amines) is 1. The Balaban J connectivity index is 0.000000890. The Kier molecular flexibility index (Phi) is 9.36. The quantitative estimate of drug-likeness (QED) is 0.312. The van der Waals surface area contributed by atoms with Crippen molar-refractivity contribution >= 4 is 33.6 Å². The fourth-order valence-corrected chi connectivity index (χ4v) is 4.41. The number of halogens is 1. The van der Waals surface area contributed by atoms with Crippen LogP contribution in [0.5, 0.6) is 11.5 Å². The zero-order chi connectivity index (χ0) is 24.6. The molecule has 0 amide bonds. The third-order valence-electron chi connectivity index (χ3n) is 4.76. The van der Waals surface area contributed by atoms with Gasteiger partial charge in [0.2, 0.25) is 0 Å². The van der Waals surface area contributed by atoms with E-state index in [1.54, 1.807) is 24.3 Å². The summed E-state index contributed by atoms with van der Waals surface area (Å²) in [7, 11) is -4.00.